The van der Waals surface area contributed by atoms with E-state index in [0.717, 1.165) is 22.1 Å². The molecule has 0 radical (unpaired) electrons. The Morgan fingerprint density at radius 3 is 2.52 bits per heavy atom. The molecular formula is C17H20ClNOS. The summed E-state index contributed by atoms with van der Waals surface area (Å²) in [6.07, 6.45) is 0.919. The van der Waals surface area contributed by atoms with Crippen molar-refractivity contribution in [2.24, 2.45) is 5.73 Å². The fraction of sp³-hybridized carbons (Fsp3) is 0.294. The molecule has 2 aromatic rings. The molecule has 0 spiro atoms. The Labute approximate surface area is 135 Å². The Bertz CT molecular complexity index is 573. The predicted molar refractivity (Wildman–Crippen MR) is 91.3 cm³/mol. The maximum Gasteiger partial charge on any atom is 0.119 e. The highest BCUT2D eigenvalue weighted by molar-refractivity contribution is 7.99. The lowest BCUT2D eigenvalue weighted by Gasteiger charge is -2.23. The van der Waals surface area contributed by atoms with Crippen LogP contribution in [-0.2, 0) is 0 Å². The minimum Gasteiger partial charge on any atom is -0.497 e. The summed E-state index contributed by atoms with van der Waals surface area (Å²) in [6, 6.07) is 16.1. The van der Waals surface area contributed by atoms with Crippen LogP contribution in [0.25, 0.3) is 0 Å². The summed E-state index contributed by atoms with van der Waals surface area (Å²) in [4.78, 5) is 1.16. The van der Waals surface area contributed by atoms with Gasteiger partial charge in [0.15, 0.2) is 0 Å². The zero-order chi connectivity index (χ0) is 15.2. The van der Waals surface area contributed by atoms with Crippen molar-refractivity contribution in [3.63, 3.8) is 0 Å². The Balaban J connectivity index is 2.27. The molecule has 2 N–H and O–H groups in total. The highest BCUT2D eigenvalue weighted by Crippen LogP contribution is 2.39. The molecule has 4 heteroatoms. The van der Waals surface area contributed by atoms with Crippen LogP contribution in [0.5, 0.6) is 5.75 Å². The van der Waals surface area contributed by atoms with Crippen molar-refractivity contribution in [2.45, 2.75) is 29.5 Å². The molecule has 0 heterocycles. The fourth-order valence-corrected chi connectivity index (χ4v) is 3.46. The predicted octanol–water partition coefficient (Wildman–Crippen LogP) is 4.92. The summed E-state index contributed by atoms with van der Waals surface area (Å²) in [5, 5.41) is 0.934. The number of ether oxygens (including phenoxy) is 1. The van der Waals surface area contributed by atoms with Gasteiger partial charge < -0.3 is 10.5 Å². The van der Waals surface area contributed by atoms with Gasteiger partial charge in [0, 0.05) is 21.2 Å². The lowest BCUT2D eigenvalue weighted by Crippen LogP contribution is -2.25. The van der Waals surface area contributed by atoms with E-state index in [2.05, 4.69) is 19.1 Å². The SMILES string of the molecule is CCC(N)C(Sc1ccc(Cl)cc1)c1cccc(OC)c1. The number of nitrogens with two attached hydrogens (primary N) is 1. The van der Waals surface area contributed by atoms with Crippen molar-refractivity contribution in [3.05, 3.63) is 59.1 Å². The molecule has 0 saturated carbocycles. The monoisotopic (exact) mass is 321 g/mol. The summed E-state index contributed by atoms with van der Waals surface area (Å²) in [5.41, 5.74) is 7.51. The van der Waals surface area contributed by atoms with Gasteiger partial charge in [0.2, 0.25) is 0 Å². The third kappa shape index (κ3) is 4.40. The average molecular weight is 322 g/mol. The highest BCUT2D eigenvalue weighted by atomic mass is 35.5. The first kappa shape index (κ1) is 16.2. The number of thioether (sulfide) groups is 1. The molecule has 0 aliphatic heterocycles. The van der Waals surface area contributed by atoms with Gasteiger partial charge in [-0.3, -0.25) is 0 Å². The van der Waals surface area contributed by atoms with Gasteiger partial charge in [-0.1, -0.05) is 30.7 Å². The van der Waals surface area contributed by atoms with E-state index < -0.39 is 0 Å². The van der Waals surface area contributed by atoms with Crippen LogP contribution in [0.2, 0.25) is 5.02 Å². The second kappa shape index (κ2) is 7.74. The molecule has 2 rings (SSSR count). The van der Waals surface area contributed by atoms with Gasteiger partial charge in [-0.15, -0.1) is 11.8 Å². The molecule has 0 fully saturated rings. The van der Waals surface area contributed by atoms with Gasteiger partial charge in [0.1, 0.15) is 5.75 Å². The Hall–Kier alpha value is -1.16. The van der Waals surface area contributed by atoms with Crippen LogP contribution < -0.4 is 10.5 Å². The lowest BCUT2D eigenvalue weighted by molar-refractivity contribution is 0.414. The second-order valence-electron chi connectivity index (χ2n) is 4.84. The molecular weight excluding hydrogens is 302 g/mol. The van der Waals surface area contributed by atoms with Gasteiger partial charge in [0.05, 0.1) is 7.11 Å². The zero-order valence-electron chi connectivity index (χ0n) is 12.3. The van der Waals surface area contributed by atoms with E-state index in [1.807, 2.05) is 36.4 Å². The highest BCUT2D eigenvalue weighted by Gasteiger charge is 2.20. The van der Waals surface area contributed by atoms with E-state index in [4.69, 9.17) is 22.1 Å². The number of methoxy groups -OCH3 is 1. The van der Waals surface area contributed by atoms with Gasteiger partial charge in [-0.05, 0) is 48.4 Å². The minimum absolute atomic E-state index is 0.0813. The number of benzene rings is 2. The van der Waals surface area contributed by atoms with E-state index in [1.54, 1.807) is 18.9 Å². The molecule has 112 valence electrons. The molecule has 21 heavy (non-hydrogen) atoms. The number of hydrogen-bond donors (Lipinski definition) is 1. The first-order valence-corrected chi connectivity index (χ1v) is 8.21. The summed E-state index contributed by atoms with van der Waals surface area (Å²) >= 11 is 7.71. The molecule has 0 aliphatic rings. The van der Waals surface area contributed by atoms with Crippen molar-refractivity contribution in [2.75, 3.05) is 7.11 Å². The van der Waals surface area contributed by atoms with E-state index >= 15 is 0 Å². The standard InChI is InChI=1S/C17H20ClNOS/c1-3-16(19)17(12-5-4-6-14(11-12)20-2)21-15-9-7-13(18)8-10-15/h4-11,16-17H,3,19H2,1-2H3. The van der Waals surface area contributed by atoms with Crippen LogP contribution in [0.3, 0.4) is 0 Å². The van der Waals surface area contributed by atoms with E-state index in [1.165, 1.54) is 5.56 Å². The summed E-state index contributed by atoms with van der Waals surface area (Å²) in [5.74, 6) is 0.859. The lowest BCUT2D eigenvalue weighted by atomic mass is 10.0. The zero-order valence-corrected chi connectivity index (χ0v) is 13.8. The fourth-order valence-electron chi connectivity index (χ4n) is 2.09. The van der Waals surface area contributed by atoms with Crippen molar-refractivity contribution >= 4 is 23.4 Å². The summed E-state index contributed by atoms with van der Waals surface area (Å²) in [6.45, 7) is 2.11. The normalized spacial score (nSPS) is 13.7. The number of rotatable bonds is 6. The smallest absolute Gasteiger partial charge is 0.119 e. The largest absolute Gasteiger partial charge is 0.497 e. The Kier molecular flexibility index (Phi) is 5.97. The van der Waals surface area contributed by atoms with E-state index in [0.29, 0.717) is 0 Å². The van der Waals surface area contributed by atoms with Crippen molar-refractivity contribution < 1.29 is 4.74 Å². The first-order valence-electron chi connectivity index (χ1n) is 6.95. The Morgan fingerprint density at radius 2 is 1.90 bits per heavy atom. The topological polar surface area (TPSA) is 35.2 Å². The number of hydrogen-bond acceptors (Lipinski definition) is 3. The van der Waals surface area contributed by atoms with Crippen LogP contribution >= 0.6 is 23.4 Å². The summed E-state index contributed by atoms with van der Waals surface area (Å²) in [7, 11) is 1.68. The third-order valence-corrected chi connectivity index (χ3v) is 5.03. The van der Waals surface area contributed by atoms with Gasteiger partial charge in [-0.25, -0.2) is 0 Å². The minimum atomic E-state index is 0.0813. The molecule has 2 aromatic carbocycles. The Morgan fingerprint density at radius 1 is 1.19 bits per heavy atom. The summed E-state index contributed by atoms with van der Waals surface area (Å²) < 4.78 is 5.32. The molecule has 0 saturated heterocycles. The molecule has 0 aliphatic carbocycles. The van der Waals surface area contributed by atoms with Gasteiger partial charge in [0.25, 0.3) is 0 Å². The quantitative estimate of drug-likeness (QED) is 0.767. The van der Waals surface area contributed by atoms with Crippen molar-refractivity contribution in [1.82, 2.24) is 0 Å². The van der Waals surface area contributed by atoms with E-state index in [9.17, 15) is 0 Å². The van der Waals surface area contributed by atoms with Crippen LogP contribution in [0.1, 0.15) is 24.2 Å². The van der Waals surface area contributed by atoms with Crippen LogP contribution in [-0.4, -0.2) is 13.2 Å². The molecule has 0 bridgehead atoms. The first-order chi connectivity index (χ1) is 10.1. The van der Waals surface area contributed by atoms with Gasteiger partial charge in [-0.2, -0.15) is 0 Å². The maximum atomic E-state index is 6.33. The van der Waals surface area contributed by atoms with Crippen molar-refractivity contribution in [1.29, 1.82) is 0 Å². The number of halogens is 1. The molecule has 0 amide bonds. The van der Waals surface area contributed by atoms with Crippen LogP contribution in [0.15, 0.2) is 53.4 Å². The van der Waals surface area contributed by atoms with Gasteiger partial charge >= 0.3 is 0 Å². The molecule has 2 atom stereocenters. The third-order valence-electron chi connectivity index (χ3n) is 3.36. The van der Waals surface area contributed by atoms with Crippen LogP contribution in [0, 0.1) is 0 Å². The molecule has 2 nitrogen and oxygen atoms in total. The molecule has 0 aromatic heterocycles. The molecule has 2 unspecified atom stereocenters. The maximum absolute atomic E-state index is 6.33. The average Bonchev–Trinajstić information content (AvgIpc) is 2.53. The van der Waals surface area contributed by atoms with Crippen molar-refractivity contribution in [3.8, 4) is 5.75 Å². The van der Waals surface area contributed by atoms with E-state index in [-0.39, 0.29) is 11.3 Å². The second-order valence-corrected chi connectivity index (χ2v) is 6.49. The van der Waals surface area contributed by atoms with Crippen LogP contribution in [0.4, 0.5) is 0 Å².